The van der Waals surface area contributed by atoms with Crippen LogP contribution < -0.4 is 11.1 Å². The molecule has 3 fully saturated rings. The summed E-state index contributed by atoms with van der Waals surface area (Å²) < 4.78 is 27.1. The molecule has 2 saturated carbocycles. The smallest absolute Gasteiger partial charge is 0.261 e. The van der Waals surface area contributed by atoms with Gasteiger partial charge in [0.25, 0.3) is 5.91 Å². The van der Waals surface area contributed by atoms with Crippen LogP contribution in [0.5, 0.6) is 0 Å². The minimum Gasteiger partial charge on any atom is -0.383 e. The minimum absolute atomic E-state index is 0.0526. The fourth-order valence-electron chi connectivity index (χ4n) is 5.83. The molecule has 2 heterocycles. The molecule has 0 radical (unpaired) electrons. The average molecular weight is 463 g/mol. The van der Waals surface area contributed by atoms with E-state index >= 15 is 0 Å². The molecule has 1 aromatic heterocycles. The number of aromatic nitrogens is 2. The monoisotopic (exact) mass is 462 g/mol. The van der Waals surface area contributed by atoms with E-state index < -0.39 is 5.82 Å². The maximum absolute atomic E-state index is 13.5. The summed E-state index contributed by atoms with van der Waals surface area (Å²) in [7, 11) is 1.74. The molecule has 2 aromatic rings. The van der Waals surface area contributed by atoms with Gasteiger partial charge in [-0.25, -0.2) is 4.39 Å². The molecule has 1 spiro atoms. The lowest BCUT2D eigenvalue weighted by molar-refractivity contribution is -0.0903. The highest BCUT2D eigenvalue weighted by Crippen LogP contribution is 2.56. The summed E-state index contributed by atoms with van der Waals surface area (Å²) in [4.78, 5) is 13.1. The lowest BCUT2D eigenvalue weighted by Gasteiger charge is -2.23. The highest BCUT2D eigenvalue weighted by Gasteiger charge is 2.54. The lowest BCUT2D eigenvalue weighted by Crippen LogP contribution is -2.29. The maximum Gasteiger partial charge on any atom is 0.261 e. The second-order valence-electron chi connectivity index (χ2n) is 9.40. The third-order valence-electron chi connectivity index (χ3n) is 7.27. The fraction of sp³-hybridized carbons (Fsp3) is 0.565. The Balaban J connectivity index is 1.33. The lowest BCUT2D eigenvalue weighted by atomic mass is 9.92. The summed E-state index contributed by atoms with van der Waals surface area (Å²) in [5.41, 5.74) is 7.62. The Kier molecular flexibility index (Phi) is 5.42. The molecule has 1 aromatic carbocycles. The van der Waals surface area contributed by atoms with E-state index in [0.29, 0.717) is 35.5 Å². The molecule has 3 N–H and O–H groups in total. The summed E-state index contributed by atoms with van der Waals surface area (Å²) >= 11 is 5.85. The number of nitrogens with one attached hydrogen (secondary N) is 1. The number of carbonyl (C=O) groups excluding carboxylic acids is 1. The predicted molar refractivity (Wildman–Crippen MR) is 119 cm³/mol. The van der Waals surface area contributed by atoms with E-state index in [1.165, 1.54) is 18.2 Å². The number of hydrogen-bond acceptors (Lipinski definition) is 5. The van der Waals surface area contributed by atoms with Gasteiger partial charge < -0.3 is 20.5 Å². The first-order valence-electron chi connectivity index (χ1n) is 11.2. The van der Waals surface area contributed by atoms with Crippen LogP contribution in [0.4, 0.5) is 15.9 Å². The van der Waals surface area contributed by atoms with Crippen molar-refractivity contribution in [1.82, 2.24) is 9.78 Å². The number of rotatable bonds is 4. The number of aryl methyl sites for hydroxylation is 1. The molecular weight excluding hydrogens is 435 g/mol. The first-order valence-corrected chi connectivity index (χ1v) is 11.5. The highest BCUT2D eigenvalue weighted by molar-refractivity contribution is 6.31. The van der Waals surface area contributed by atoms with Crippen molar-refractivity contribution in [2.24, 2.45) is 18.9 Å². The number of hydrogen-bond donors (Lipinski definition) is 2. The van der Waals surface area contributed by atoms with Gasteiger partial charge in [0.05, 0.1) is 22.9 Å². The van der Waals surface area contributed by atoms with Crippen molar-refractivity contribution in [3.8, 4) is 0 Å². The minimum atomic E-state index is -0.539. The molecule has 3 unspecified atom stereocenters. The molecule has 3 aliphatic rings. The molecule has 172 valence electrons. The molecule has 5 rings (SSSR count). The number of nitrogen functional groups attached to an aromatic ring is 1. The van der Waals surface area contributed by atoms with Gasteiger partial charge in [-0.1, -0.05) is 18.5 Å². The number of amides is 1. The van der Waals surface area contributed by atoms with Gasteiger partial charge in [0, 0.05) is 18.7 Å². The summed E-state index contributed by atoms with van der Waals surface area (Å²) in [5, 5.41) is 7.35. The normalized spacial score (nSPS) is 31.4. The Morgan fingerprint density at radius 3 is 2.72 bits per heavy atom. The number of anilines is 2. The Morgan fingerprint density at radius 1 is 1.38 bits per heavy atom. The third kappa shape index (κ3) is 3.68. The average Bonchev–Trinajstić information content (AvgIpc) is 3.48. The van der Waals surface area contributed by atoms with E-state index in [1.54, 1.807) is 11.7 Å². The molecule has 1 saturated heterocycles. The second-order valence-corrected chi connectivity index (χ2v) is 9.81. The van der Waals surface area contributed by atoms with Crippen LogP contribution in [0.15, 0.2) is 18.2 Å². The molecule has 7 nitrogen and oxygen atoms in total. The summed E-state index contributed by atoms with van der Waals surface area (Å²) in [6.45, 7) is 2.75. The first kappa shape index (κ1) is 21.7. The van der Waals surface area contributed by atoms with Gasteiger partial charge in [0.2, 0.25) is 0 Å². The Labute approximate surface area is 191 Å². The number of nitrogens with two attached hydrogens (primary N) is 1. The van der Waals surface area contributed by atoms with Crippen LogP contribution in [0.25, 0.3) is 0 Å². The molecular formula is C23H28ClFN4O3. The zero-order valence-corrected chi connectivity index (χ0v) is 19.0. The highest BCUT2D eigenvalue weighted by atomic mass is 35.5. The Bertz CT molecular complexity index is 1040. The van der Waals surface area contributed by atoms with E-state index in [4.69, 9.17) is 26.8 Å². The van der Waals surface area contributed by atoms with Gasteiger partial charge in [-0.3, -0.25) is 9.48 Å². The fourth-order valence-corrected chi connectivity index (χ4v) is 6.01. The van der Waals surface area contributed by atoms with Gasteiger partial charge in [-0.05, 0) is 62.1 Å². The molecule has 3 atom stereocenters. The summed E-state index contributed by atoms with van der Waals surface area (Å²) in [6.07, 6.45) is 4.66. The van der Waals surface area contributed by atoms with Crippen molar-refractivity contribution >= 4 is 29.0 Å². The number of benzene rings is 1. The SMILES string of the molecule is CCC1OCC2(CC3CC(c4nn(C)c(N)c4C(=O)Nc4ccc(F)c(Cl)c4)CC3C2)O1. The van der Waals surface area contributed by atoms with Gasteiger partial charge in [0.15, 0.2) is 6.29 Å². The summed E-state index contributed by atoms with van der Waals surface area (Å²) in [6, 6.07) is 4.07. The van der Waals surface area contributed by atoms with Crippen molar-refractivity contribution in [1.29, 1.82) is 0 Å². The predicted octanol–water partition coefficient (Wildman–Crippen LogP) is 4.47. The molecule has 2 aliphatic carbocycles. The molecule has 1 amide bonds. The number of ether oxygens (including phenoxy) is 2. The number of halogens is 2. The molecule has 0 bridgehead atoms. The van der Waals surface area contributed by atoms with Crippen LogP contribution in [-0.2, 0) is 16.5 Å². The van der Waals surface area contributed by atoms with Crippen molar-refractivity contribution in [2.75, 3.05) is 17.7 Å². The van der Waals surface area contributed by atoms with Gasteiger partial charge >= 0.3 is 0 Å². The van der Waals surface area contributed by atoms with Crippen LogP contribution in [-0.4, -0.2) is 34.2 Å². The number of carbonyl (C=O) groups is 1. The quantitative estimate of drug-likeness (QED) is 0.699. The van der Waals surface area contributed by atoms with E-state index in [0.717, 1.165) is 37.8 Å². The number of fused-ring (bicyclic) bond motifs is 1. The molecule has 32 heavy (non-hydrogen) atoms. The molecule has 1 aliphatic heterocycles. The molecule has 9 heteroatoms. The van der Waals surface area contributed by atoms with Gasteiger partial charge in [-0.2, -0.15) is 5.10 Å². The Hall–Kier alpha value is -2.16. The van der Waals surface area contributed by atoms with Crippen LogP contribution >= 0.6 is 11.6 Å². The first-order chi connectivity index (χ1) is 15.3. The van der Waals surface area contributed by atoms with Crippen molar-refractivity contribution in [3.05, 3.63) is 40.3 Å². The van der Waals surface area contributed by atoms with Crippen LogP contribution in [0.1, 0.15) is 61.0 Å². The van der Waals surface area contributed by atoms with E-state index in [2.05, 4.69) is 17.3 Å². The zero-order valence-electron chi connectivity index (χ0n) is 18.2. The van der Waals surface area contributed by atoms with Crippen molar-refractivity contribution < 1.29 is 18.7 Å². The largest absolute Gasteiger partial charge is 0.383 e. The topological polar surface area (TPSA) is 91.4 Å². The summed E-state index contributed by atoms with van der Waals surface area (Å²) in [5.74, 6) is 0.622. The van der Waals surface area contributed by atoms with E-state index in [-0.39, 0.29) is 28.7 Å². The second kappa shape index (κ2) is 8.01. The van der Waals surface area contributed by atoms with E-state index in [1.807, 2.05) is 0 Å². The number of nitrogens with zero attached hydrogens (tertiary/aromatic N) is 2. The van der Waals surface area contributed by atoms with Crippen LogP contribution in [0, 0.1) is 17.7 Å². The standard InChI is InChI=1S/C23H28ClFN4O3/c1-3-18-31-11-23(32-18)9-13-6-12(7-14(13)10-23)20-19(21(26)29(2)28-20)22(30)27-15-4-5-17(25)16(24)8-15/h4-5,8,12-14,18H,3,6-7,9-11,26H2,1-2H3,(H,27,30). The van der Waals surface area contributed by atoms with E-state index in [9.17, 15) is 9.18 Å². The zero-order chi connectivity index (χ0) is 22.6. The Morgan fingerprint density at radius 2 is 2.09 bits per heavy atom. The van der Waals surface area contributed by atoms with Crippen molar-refractivity contribution in [2.45, 2.75) is 56.8 Å². The van der Waals surface area contributed by atoms with Crippen LogP contribution in [0.3, 0.4) is 0 Å². The third-order valence-corrected chi connectivity index (χ3v) is 7.56. The van der Waals surface area contributed by atoms with Crippen molar-refractivity contribution in [3.63, 3.8) is 0 Å². The van der Waals surface area contributed by atoms with Gasteiger partial charge in [-0.15, -0.1) is 0 Å². The van der Waals surface area contributed by atoms with Crippen LogP contribution in [0.2, 0.25) is 5.02 Å². The van der Waals surface area contributed by atoms with Gasteiger partial charge in [0.1, 0.15) is 17.2 Å². The maximum atomic E-state index is 13.5.